The van der Waals surface area contributed by atoms with E-state index >= 15 is 0 Å². The third-order valence-electron chi connectivity index (χ3n) is 5.18. The highest BCUT2D eigenvalue weighted by atomic mass is 16.5. The van der Waals surface area contributed by atoms with Gasteiger partial charge in [0.15, 0.2) is 0 Å². The van der Waals surface area contributed by atoms with Crippen LogP contribution in [0.25, 0.3) is 33.2 Å². The molecular formula is C22H22N8O. The van der Waals surface area contributed by atoms with Gasteiger partial charge in [-0.1, -0.05) is 0 Å². The van der Waals surface area contributed by atoms with Gasteiger partial charge in [0.2, 0.25) is 0 Å². The molecule has 0 radical (unpaired) electrons. The molecule has 3 N–H and O–H groups in total. The molecule has 5 rings (SSSR count). The number of hydrogen-bond donors (Lipinski definition) is 2. The summed E-state index contributed by atoms with van der Waals surface area (Å²) in [5.74, 6) is 0.705. The zero-order valence-corrected chi connectivity index (χ0v) is 17.4. The molecule has 0 fully saturated rings. The van der Waals surface area contributed by atoms with Crippen LogP contribution in [0.2, 0.25) is 0 Å². The summed E-state index contributed by atoms with van der Waals surface area (Å²) in [5, 5.41) is 12.7. The van der Waals surface area contributed by atoms with Crippen molar-refractivity contribution < 1.29 is 4.74 Å². The Balaban J connectivity index is 1.53. The summed E-state index contributed by atoms with van der Waals surface area (Å²) in [6.07, 6.45) is 6.68. The van der Waals surface area contributed by atoms with Gasteiger partial charge >= 0.3 is 0 Å². The lowest BCUT2D eigenvalue weighted by Crippen LogP contribution is -2.13. The third-order valence-corrected chi connectivity index (χ3v) is 5.18. The molecule has 0 spiro atoms. The second-order valence-corrected chi connectivity index (χ2v) is 7.59. The number of aromatic nitrogens is 7. The van der Waals surface area contributed by atoms with Gasteiger partial charge in [0.1, 0.15) is 28.8 Å². The van der Waals surface area contributed by atoms with Gasteiger partial charge < -0.3 is 10.5 Å². The quantitative estimate of drug-likeness (QED) is 0.452. The van der Waals surface area contributed by atoms with E-state index in [2.05, 4.69) is 25.3 Å². The van der Waals surface area contributed by atoms with Crippen LogP contribution in [-0.4, -0.2) is 34.9 Å². The number of rotatable bonds is 5. The number of nitrogens with one attached hydrogen (secondary N) is 1. The maximum absolute atomic E-state index is 6.28. The molecule has 0 aliphatic rings. The molecule has 5 aromatic rings. The number of fused-ring (bicyclic) bond motifs is 2. The van der Waals surface area contributed by atoms with Crippen LogP contribution in [-0.2, 0) is 7.05 Å². The average Bonchev–Trinajstić information content (AvgIpc) is 3.38. The number of nitrogens with two attached hydrogens (primary N) is 1. The first kappa shape index (κ1) is 19.1. The number of ether oxygens (including phenoxy) is 1. The predicted molar refractivity (Wildman–Crippen MR) is 117 cm³/mol. The molecule has 1 aromatic carbocycles. The van der Waals surface area contributed by atoms with Crippen molar-refractivity contribution in [2.45, 2.75) is 26.0 Å². The molecule has 0 saturated carbocycles. The Morgan fingerprint density at radius 1 is 1.13 bits per heavy atom. The largest absolute Gasteiger partial charge is 0.484 e. The molecular weight excluding hydrogens is 392 g/mol. The minimum Gasteiger partial charge on any atom is -0.484 e. The maximum Gasteiger partial charge on any atom is 0.140 e. The van der Waals surface area contributed by atoms with Crippen LogP contribution in [0, 0.1) is 0 Å². The van der Waals surface area contributed by atoms with E-state index in [9.17, 15) is 0 Å². The van der Waals surface area contributed by atoms with Crippen molar-refractivity contribution in [1.29, 1.82) is 0 Å². The fourth-order valence-corrected chi connectivity index (χ4v) is 3.62. The summed E-state index contributed by atoms with van der Waals surface area (Å²) in [6, 6.07) is 7.49. The first-order chi connectivity index (χ1) is 15.0. The fourth-order valence-electron chi connectivity index (χ4n) is 3.62. The van der Waals surface area contributed by atoms with Gasteiger partial charge in [-0.15, -0.1) is 0 Å². The predicted octanol–water partition coefficient (Wildman–Crippen LogP) is 3.46. The molecule has 2 atom stereocenters. The van der Waals surface area contributed by atoms with E-state index in [1.165, 1.54) is 0 Å². The Labute approximate surface area is 178 Å². The number of nitrogens with zero attached hydrogens (tertiary/aromatic N) is 6. The second kappa shape index (κ2) is 7.44. The van der Waals surface area contributed by atoms with Crippen molar-refractivity contribution in [3.8, 4) is 17.0 Å². The molecule has 9 heteroatoms. The van der Waals surface area contributed by atoms with E-state index in [0.717, 1.165) is 33.4 Å². The molecule has 4 heterocycles. The van der Waals surface area contributed by atoms with Crippen molar-refractivity contribution in [3.63, 3.8) is 0 Å². The number of benzene rings is 1. The maximum atomic E-state index is 6.28. The molecule has 0 amide bonds. The van der Waals surface area contributed by atoms with Crippen molar-refractivity contribution >= 4 is 21.9 Å². The number of pyridine rings is 1. The monoisotopic (exact) mass is 414 g/mol. The van der Waals surface area contributed by atoms with E-state index in [1.807, 2.05) is 51.4 Å². The van der Waals surface area contributed by atoms with Crippen LogP contribution < -0.4 is 10.5 Å². The molecule has 0 aliphatic heterocycles. The van der Waals surface area contributed by atoms with Crippen molar-refractivity contribution in [2.75, 3.05) is 0 Å². The highest BCUT2D eigenvalue weighted by molar-refractivity contribution is 5.93. The zero-order chi connectivity index (χ0) is 21.5. The summed E-state index contributed by atoms with van der Waals surface area (Å²) in [4.78, 5) is 13.6. The van der Waals surface area contributed by atoms with E-state index in [4.69, 9.17) is 15.5 Å². The van der Waals surface area contributed by atoms with Crippen LogP contribution >= 0.6 is 0 Å². The average molecular weight is 414 g/mol. The highest BCUT2D eigenvalue weighted by Crippen LogP contribution is 2.32. The van der Waals surface area contributed by atoms with E-state index in [1.54, 1.807) is 23.3 Å². The Bertz CT molecular complexity index is 1390. The van der Waals surface area contributed by atoms with E-state index in [-0.39, 0.29) is 12.1 Å². The van der Waals surface area contributed by atoms with Crippen LogP contribution in [0.3, 0.4) is 0 Å². The molecule has 0 aliphatic carbocycles. The number of hydrogen-bond acceptors (Lipinski definition) is 7. The lowest BCUT2D eigenvalue weighted by atomic mass is 10.1. The summed E-state index contributed by atoms with van der Waals surface area (Å²) in [6.45, 7) is 3.84. The molecule has 156 valence electrons. The van der Waals surface area contributed by atoms with Crippen molar-refractivity contribution in [3.05, 3.63) is 60.4 Å². The zero-order valence-electron chi connectivity index (χ0n) is 17.4. The van der Waals surface area contributed by atoms with E-state index < -0.39 is 0 Å². The van der Waals surface area contributed by atoms with Crippen LogP contribution in [0.1, 0.15) is 37.4 Å². The fraction of sp³-hybridized carbons (Fsp3) is 0.227. The van der Waals surface area contributed by atoms with Gasteiger partial charge in [-0.2, -0.15) is 10.2 Å². The first-order valence-electron chi connectivity index (χ1n) is 10.0. The molecule has 31 heavy (non-hydrogen) atoms. The van der Waals surface area contributed by atoms with Crippen LogP contribution in [0.5, 0.6) is 5.75 Å². The first-order valence-corrected chi connectivity index (χ1v) is 10.0. The summed E-state index contributed by atoms with van der Waals surface area (Å²) < 4.78 is 8.03. The number of aromatic amines is 1. The lowest BCUT2D eigenvalue weighted by molar-refractivity contribution is 0.223. The van der Waals surface area contributed by atoms with Crippen LogP contribution in [0.4, 0.5) is 0 Å². The van der Waals surface area contributed by atoms with Gasteiger partial charge in [-0.25, -0.2) is 4.98 Å². The topological polar surface area (TPSA) is 120 Å². The standard InChI is InChI=1S/C22H22N8O/c1-12(23)18-9-19-22(25-7-6-24-19)20(27-18)13(2)31-15-4-5-17-16(8-15)21(29-28-17)14-10-26-30(3)11-14/h4-13H,23H2,1-3H3,(H,28,29)/t12?,13-/m1/s1. The Morgan fingerprint density at radius 3 is 2.74 bits per heavy atom. The normalized spacial score (nSPS) is 13.5. The summed E-state index contributed by atoms with van der Waals surface area (Å²) >= 11 is 0. The number of aryl methyl sites for hydroxylation is 1. The molecule has 1 unspecified atom stereocenters. The summed E-state index contributed by atoms with van der Waals surface area (Å²) in [5.41, 5.74) is 11.7. The minimum atomic E-state index is -0.357. The number of H-pyrrole nitrogens is 1. The molecule has 0 saturated heterocycles. The molecule has 4 aromatic heterocycles. The van der Waals surface area contributed by atoms with E-state index in [0.29, 0.717) is 17.0 Å². The van der Waals surface area contributed by atoms with Gasteiger partial charge in [-0.3, -0.25) is 19.7 Å². The summed E-state index contributed by atoms with van der Waals surface area (Å²) in [7, 11) is 1.88. The molecule has 9 nitrogen and oxygen atoms in total. The van der Waals surface area contributed by atoms with Gasteiger partial charge in [0, 0.05) is 42.6 Å². The Morgan fingerprint density at radius 2 is 1.97 bits per heavy atom. The highest BCUT2D eigenvalue weighted by Gasteiger charge is 2.19. The SMILES string of the molecule is CC(N)c1cc2nccnc2c([C@@H](C)Oc2ccc3[nH]nc(-c4cnn(C)c4)c3c2)n1. The van der Waals surface area contributed by atoms with Gasteiger partial charge in [0.05, 0.1) is 22.9 Å². The third kappa shape index (κ3) is 3.49. The van der Waals surface area contributed by atoms with Crippen molar-refractivity contribution in [1.82, 2.24) is 34.9 Å². The van der Waals surface area contributed by atoms with Gasteiger partial charge in [0.25, 0.3) is 0 Å². The van der Waals surface area contributed by atoms with Crippen molar-refractivity contribution in [2.24, 2.45) is 12.8 Å². The Hall–Kier alpha value is -3.85. The lowest BCUT2D eigenvalue weighted by Gasteiger charge is -2.17. The smallest absolute Gasteiger partial charge is 0.140 e. The van der Waals surface area contributed by atoms with Gasteiger partial charge in [-0.05, 0) is 38.1 Å². The minimum absolute atomic E-state index is 0.221. The van der Waals surface area contributed by atoms with Crippen LogP contribution in [0.15, 0.2) is 49.1 Å². The molecule has 0 bridgehead atoms. The second-order valence-electron chi connectivity index (χ2n) is 7.59. The Kier molecular flexibility index (Phi) is 4.59.